The van der Waals surface area contributed by atoms with Gasteiger partial charge in [0.25, 0.3) is 0 Å². The molecule has 0 atom stereocenters. The van der Waals surface area contributed by atoms with Crippen molar-refractivity contribution in [2.45, 2.75) is 13.3 Å². The van der Waals surface area contributed by atoms with Gasteiger partial charge >= 0.3 is 0 Å². The zero-order chi connectivity index (χ0) is 9.80. The number of hydrogen-bond donors (Lipinski definition) is 0. The molecule has 0 bridgehead atoms. The molecule has 0 unspecified atom stereocenters. The standard InChI is InChI=1S/C14H14.Al.3H/c1-2-12-8-6-7-11-14(12)13-9-4-3-5-10-13;;;;/h3-11H,2H2,1H3;;;;. The Labute approximate surface area is 102 Å². The van der Waals surface area contributed by atoms with Crippen LogP contribution in [0.15, 0.2) is 54.6 Å². The summed E-state index contributed by atoms with van der Waals surface area (Å²) in [5.74, 6) is 0. The quantitative estimate of drug-likeness (QED) is 0.671. The van der Waals surface area contributed by atoms with Crippen LogP contribution in [0.2, 0.25) is 0 Å². The SMILES string of the molecule is CCc1ccccc1-c1ccccc1.[AlH3]. The van der Waals surface area contributed by atoms with Gasteiger partial charge in [0.2, 0.25) is 0 Å². The third-order valence-corrected chi connectivity index (χ3v) is 2.48. The van der Waals surface area contributed by atoms with E-state index >= 15 is 0 Å². The van der Waals surface area contributed by atoms with E-state index in [9.17, 15) is 0 Å². The first-order valence-electron chi connectivity index (χ1n) is 5.05. The average Bonchev–Trinajstić information content (AvgIpc) is 2.30. The van der Waals surface area contributed by atoms with E-state index in [1.165, 1.54) is 16.7 Å². The lowest BCUT2D eigenvalue weighted by Crippen LogP contribution is -1.85. The van der Waals surface area contributed by atoms with Crippen molar-refractivity contribution in [1.82, 2.24) is 0 Å². The highest BCUT2D eigenvalue weighted by molar-refractivity contribution is 5.75. The first-order valence-corrected chi connectivity index (χ1v) is 5.05. The topological polar surface area (TPSA) is 0 Å². The summed E-state index contributed by atoms with van der Waals surface area (Å²) in [5.41, 5.74) is 4.08. The van der Waals surface area contributed by atoms with Crippen LogP contribution in [0, 0.1) is 0 Å². The Morgan fingerprint density at radius 1 is 0.800 bits per heavy atom. The fourth-order valence-corrected chi connectivity index (χ4v) is 1.73. The van der Waals surface area contributed by atoms with Gasteiger partial charge in [-0.1, -0.05) is 61.5 Å². The Bertz CT molecular complexity index is 407. The van der Waals surface area contributed by atoms with E-state index in [1.807, 2.05) is 0 Å². The molecule has 0 amide bonds. The monoisotopic (exact) mass is 212 g/mol. The molecule has 76 valence electrons. The molecule has 0 aliphatic rings. The predicted molar refractivity (Wildman–Crippen MR) is 71.2 cm³/mol. The molecule has 0 aliphatic carbocycles. The summed E-state index contributed by atoms with van der Waals surface area (Å²) in [5, 5.41) is 0. The number of hydrogen-bond acceptors (Lipinski definition) is 0. The van der Waals surface area contributed by atoms with Crippen molar-refractivity contribution in [3.63, 3.8) is 0 Å². The van der Waals surface area contributed by atoms with Crippen LogP contribution in [0.25, 0.3) is 11.1 Å². The van der Waals surface area contributed by atoms with Gasteiger partial charge in [-0.05, 0) is 23.1 Å². The number of rotatable bonds is 2. The van der Waals surface area contributed by atoms with Crippen molar-refractivity contribution in [2.75, 3.05) is 0 Å². The Morgan fingerprint density at radius 2 is 1.40 bits per heavy atom. The first kappa shape index (κ1) is 12.0. The zero-order valence-corrected chi connectivity index (χ0v) is 8.40. The van der Waals surface area contributed by atoms with Crippen molar-refractivity contribution < 1.29 is 0 Å². The lowest BCUT2D eigenvalue weighted by Gasteiger charge is -2.06. The molecule has 2 rings (SSSR count). The molecule has 0 spiro atoms. The molecular formula is C14H17Al. The Balaban J connectivity index is 0.00000112. The minimum atomic E-state index is 0. The normalized spacial score (nSPS) is 9.40. The van der Waals surface area contributed by atoms with Gasteiger partial charge in [-0.15, -0.1) is 0 Å². The maximum atomic E-state index is 2.20. The van der Waals surface area contributed by atoms with E-state index < -0.39 is 0 Å². The molecule has 15 heavy (non-hydrogen) atoms. The van der Waals surface area contributed by atoms with Crippen molar-refractivity contribution in [1.29, 1.82) is 0 Å². The van der Waals surface area contributed by atoms with Crippen LogP contribution in [-0.2, 0) is 6.42 Å². The molecule has 0 heterocycles. The van der Waals surface area contributed by atoms with E-state index in [-0.39, 0.29) is 17.4 Å². The molecule has 0 aliphatic heterocycles. The molecule has 2 aromatic carbocycles. The van der Waals surface area contributed by atoms with E-state index in [2.05, 4.69) is 61.5 Å². The lowest BCUT2D eigenvalue weighted by molar-refractivity contribution is 1.14. The second-order valence-electron chi connectivity index (χ2n) is 3.38. The van der Waals surface area contributed by atoms with E-state index in [0.717, 1.165) is 6.42 Å². The van der Waals surface area contributed by atoms with Crippen LogP contribution in [0.4, 0.5) is 0 Å². The molecule has 0 nitrogen and oxygen atoms in total. The Kier molecular flexibility index (Phi) is 4.62. The summed E-state index contributed by atoms with van der Waals surface area (Å²) in [6, 6.07) is 19.1. The zero-order valence-electron chi connectivity index (χ0n) is 8.40. The highest BCUT2D eigenvalue weighted by Crippen LogP contribution is 2.23. The van der Waals surface area contributed by atoms with E-state index in [0.29, 0.717) is 0 Å². The fourth-order valence-electron chi connectivity index (χ4n) is 1.73. The van der Waals surface area contributed by atoms with Crippen LogP contribution < -0.4 is 0 Å². The minimum Gasteiger partial charge on any atom is -0.0622 e. The lowest BCUT2D eigenvalue weighted by atomic mass is 9.98. The summed E-state index contributed by atoms with van der Waals surface area (Å²) in [6.07, 6.45) is 1.09. The third kappa shape index (κ3) is 2.72. The molecular weight excluding hydrogens is 195 g/mol. The summed E-state index contributed by atoms with van der Waals surface area (Å²) in [6.45, 7) is 2.20. The molecule has 1 heteroatoms. The van der Waals surface area contributed by atoms with Gasteiger partial charge in [-0.3, -0.25) is 0 Å². The van der Waals surface area contributed by atoms with E-state index in [4.69, 9.17) is 0 Å². The van der Waals surface area contributed by atoms with Crippen LogP contribution in [-0.4, -0.2) is 17.4 Å². The minimum absolute atomic E-state index is 0. The van der Waals surface area contributed by atoms with Crippen molar-refractivity contribution in [2.24, 2.45) is 0 Å². The van der Waals surface area contributed by atoms with Crippen LogP contribution in [0.3, 0.4) is 0 Å². The van der Waals surface area contributed by atoms with Gasteiger partial charge in [-0.2, -0.15) is 0 Å². The van der Waals surface area contributed by atoms with Gasteiger partial charge in [0, 0.05) is 0 Å². The highest BCUT2D eigenvalue weighted by atomic mass is 27.0. The second-order valence-corrected chi connectivity index (χ2v) is 3.38. The van der Waals surface area contributed by atoms with Crippen molar-refractivity contribution in [3.05, 3.63) is 60.2 Å². The molecule has 0 aromatic heterocycles. The molecule has 0 N–H and O–H groups in total. The Hall–Kier alpha value is -1.03. The number of aryl methyl sites for hydroxylation is 1. The third-order valence-electron chi connectivity index (χ3n) is 2.48. The fraction of sp³-hybridized carbons (Fsp3) is 0.143. The summed E-state index contributed by atoms with van der Waals surface area (Å²) < 4.78 is 0. The van der Waals surface area contributed by atoms with Gasteiger partial charge in [0.05, 0.1) is 0 Å². The molecule has 2 aromatic rings. The van der Waals surface area contributed by atoms with Gasteiger partial charge in [0.15, 0.2) is 17.4 Å². The highest BCUT2D eigenvalue weighted by Gasteiger charge is 2.00. The molecule has 0 saturated heterocycles. The molecule has 0 radical (unpaired) electrons. The first-order chi connectivity index (χ1) is 6.92. The van der Waals surface area contributed by atoms with Crippen molar-refractivity contribution in [3.8, 4) is 11.1 Å². The van der Waals surface area contributed by atoms with E-state index in [1.54, 1.807) is 0 Å². The van der Waals surface area contributed by atoms with Crippen molar-refractivity contribution >= 4 is 17.4 Å². The maximum absolute atomic E-state index is 2.20. The molecule has 0 fully saturated rings. The summed E-state index contributed by atoms with van der Waals surface area (Å²) in [7, 11) is 0. The summed E-state index contributed by atoms with van der Waals surface area (Å²) >= 11 is 0. The van der Waals surface area contributed by atoms with Gasteiger partial charge in [-0.25, -0.2) is 0 Å². The van der Waals surface area contributed by atoms with Gasteiger partial charge < -0.3 is 0 Å². The Morgan fingerprint density at radius 3 is 2.07 bits per heavy atom. The summed E-state index contributed by atoms with van der Waals surface area (Å²) in [4.78, 5) is 0. The van der Waals surface area contributed by atoms with Crippen LogP contribution in [0.5, 0.6) is 0 Å². The van der Waals surface area contributed by atoms with Crippen LogP contribution in [0.1, 0.15) is 12.5 Å². The second kappa shape index (κ2) is 5.76. The maximum Gasteiger partial charge on any atom is 0.187 e. The van der Waals surface area contributed by atoms with Gasteiger partial charge in [0.1, 0.15) is 0 Å². The smallest absolute Gasteiger partial charge is 0.0622 e. The average molecular weight is 212 g/mol. The predicted octanol–water partition coefficient (Wildman–Crippen LogP) is 2.73. The molecule has 0 saturated carbocycles. The number of benzene rings is 2. The largest absolute Gasteiger partial charge is 0.187 e. The van der Waals surface area contributed by atoms with Crippen LogP contribution >= 0.6 is 0 Å².